The van der Waals surface area contributed by atoms with E-state index in [-0.39, 0.29) is 18.2 Å². The van der Waals surface area contributed by atoms with Crippen LogP contribution < -0.4 is 0 Å². The minimum atomic E-state index is -0.606. The first-order chi connectivity index (χ1) is 13.6. The molecule has 7 heteroatoms. The number of hydrogen-bond acceptors (Lipinski definition) is 5. The number of para-hydroxylation sites is 1. The number of fused-ring (bicyclic) bond motifs is 1. The molecule has 1 aliphatic heterocycles. The van der Waals surface area contributed by atoms with E-state index in [1.165, 1.54) is 30.5 Å². The summed E-state index contributed by atoms with van der Waals surface area (Å²) in [5.41, 5.74) is 1.38. The fraction of sp³-hybridized carbons (Fsp3) is 0.524. The average molecular weight is 382 g/mol. The van der Waals surface area contributed by atoms with Gasteiger partial charge in [-0.15, -0.1) is 5.10 Å². The zero-order valence-corrected chi connectivity index (χ0v) is 16.2. The molecule has 0 unspecified atom stereocenters. The van der Waals surface area contributed by atoms with E-state index in [1.807, 2.05) is 35.2 Å². The largest absolute Gasteiger partial charge is 0.451 e. The number of amides is 1. The summed E-state index contributed by atoms with van der Waals surface area (Å²) in [5.74, 6) is -0.0987. The fourth-order valence-electron chi connectivity index (χ4n) is 4.46. The van der Waals surface area contributed by atoms with Crippen LogP contribution in [-0.4, -0.2) is 51.0 Å². The zero-order valence-electron chi connectivity index (χ0n) is 16.2. The van der Waals surface area contributed by atoms with Gasteiger partial charge >= 0.3 is 5.97 Å². The predicted octanol–water partition coefficient (Wildman–Crippen LogP) is 2.91. The number of carbonyl (C=O) groups is 2. The Bertz CT molecular complexity index is 847. The van der Waals surface area contributed by atoms with Crippen LogP contribution in [0.4, 0.5) is 0 Å². The number of benzene rings is 1. The topological polar surface area (TPSA) is 77.3 Å². The van der Waals surface area contributed by atoms with Gasteiger partial charge in [0, 0.05) is 12.6 Å². The number of nitrogens with zero attached hydrogens (tertiary/aromatic N) is 4. The predicted molar refractivity (Wildman–Crippen MR) is 103 cm³/mol. The van der Waals surface area contributed by atoms with Gasteiger partial charge in [-0.2, -0.15) is 9.90 Å². The number of rotatable bonds is 4. The maximum absolute atomic E-state index is 12.7. The molecule has 2 atom stereocenters. The molecule has 7 nitrogen and oxygen atoms in total. The first kappa shape index (κ1) is 18.7. The summed E-state index contributed by atoms with van der Waals surface area (Å²) < 4.78 is 5.31. The molecule has 1 aromatic carbocycles. The fourth-order valence-corrected chi connectivity index (χ4v) is 4.46. The van der Waals surface area contributed by atoms with Crippen molar-refractivity contribution in [1.29, 1.82) is 0 Å². The summed E-state index contributed by atoms with van der Waals surface area (Å²) in [4.78, 5) is 28.5. The Labute approximate surface area is 164 Å². The Morgan fingerprint density at radius 3 is 2.64 bits per heavy atom. The van der Waals surface area contributed by atoms with Crippen molar-refractivity contribution in [3.05, 3.63) is 41.7 Å². The molecule has 0 radical (unpaired) electrons. The molecular formula is C21H26N4O3. The van der Waals surface area contributed by atoms with Crippen molar-refractivity contribution in [2.75, 3.05) is 13.2 Å². The van der Waals surface area contributed by atoms with E-state index in [4.69, 9.17) is 4.74 Å². The second kappa shape index (κ2) is 8.12. The van der Waals surface area contributed by atoms with Crippen LogP contribution in [0.15, 0.2) is 30.3 Å². The monoisotopic (exact) mass is 382 g/mol. The van der Waals surface area contributed by atoms with Gasteiger partial charge in [0.1, 0.15) is 0 Å². The van der Waals surface area contributed by atoms with E-state index in [2.05, 4.69) is 10.2 Å². The lowest BCUT2D eigenvalue weighted by molar-refractivity contribution is -0.140. The highest BCUT2D eigenvalue weighted by Crippen LogP contribution is 2.35. The van der Waals surface area contributed by atoms with Crippen LogP contribution in [0.5, 0.6) is 0 Å². The van der Waals surface area contributed by atoms with Crippen molar-refractivity contribution in [3.8, 4) is 5.69 Å². The van der Waals surface area contributed by atoms with Gasteiger partial charge in [0.25, 0.3) is 5.91 Å². The summed E-state index contributed by atoms with van der Waals surface area (Å²) in [6, 6.07) is 9.68. The molecule has 1 saturated carbocycles. The summed E-state index contributed by atoms with van der Waals surface area (Å²) in [5, 5.41) is 8.52. The zero-order chi connectivity index (χ0) is 19.5. The van der Waals surface area contributed by atoms with Crippen molar-refractivity contribution in [3.63, 3.8) is 0 Å². The second-order valence-corrected chi connectivity index (χ2v) is 7.68. The lowest BCUT2D eigenvalue weighted by atomic mass is 9.78. The molecule has 2 aromatic rings. The van der Waals surface area contributed by atoms with Crippen molar-refractivity contribution in [1.82, 2.24) is 19.9 Å². The molecule has 2 aliphatic rings. The Morgan fingerprint density at radius 2 is 1.82 bits per heavy atom. The average Bonchev–Trinajstić information content (AvgIpc) is 3.14. The number of aryl methyl sites for hydroxylation is 1. The minimum absolute atomic E-state index is 0.0990. The highest BCUT2D eigenvalue weighted by atomic mass is 16.5. The smallest absolute Gasteiger partial charge is 0.361 e. The van der Waals surface area contributed by atoms with Crippen LogP contribution in [0.3, 0.4) is 0 Å². The molecule has 4 rings (SSSR count). The number of aromatic nitrogens is 3. The highest BCUT2D eigenvalue weighted by molar-refractivity contribution is 5.90. The normalized spacial score (nSPS) is 21.8. The van der Waals surface area contributed by atoms with Gasteiger partial charge in [-0.25, -0.2) is 4.79 Å². The third-order valence-electron chi connectivity index (χ3n) is 5.85. The van der Waals surface area contributed by atoms with Crippen LogP contribution in [-0.2, 0) is 9.53 Å². The molecule has 2 heterocycles. The number of carbonyl (C=O) groups excluding carboxylic acids is 2. The SMILES string of the molecule is Cc1nn(-c2ccccc2)nc1C(=O)OCC(=O)N1CCC[C@H]2CCCC[C@@H]21. The molecule has 2 fully saturated rings. The molecular weight excluding hydrogens is 356 g/mol. The molecule has 148 valence electrons. The summed E-state index contributed by atoms with van der Waals surface area (Å²) in [6.07, 6.45) is 6.94. The van der Waals surface area contributed by atoms with Gasteiger partial charge < -0.3 is 9.64 Å². The van der Waals surface area contributed by atoms with E-state index in [1.54, 1.807) is 6.92 Å². The Hall–Kier alpha value is -2.70. The summed E-state index contributed by atoms with van der Waals surface area (Å²) in [6.45, 7) is 2.24. The maximum Gasteiger partial charge on any atom is 0.361 e. The number of esters is 1. The van der Waals surface area contributed by atoms with Crippen LogP contribution in [0.25, 0.3) is 5.69 Å². The van der Waals surface area contributed by atoms with Gasteiger partial charge in [-0.1, -0.05) is 31.0 Å². The van der Waals surface area contributed by atoms with E-state index in [0.717, 1.165) is 25.1 Å². The van der Waals surface area contributed by atoms with Gasteiger partial charge in [-0.3, -0.25) is 4.79 Å². The molecule has 1 aromatic heterocycles. The maximum atomic E-state index is 12.7. The van der Waals surface area contributed by atoms with E-state index >= 15 is 0 Å². The van der Waals surface area contributed by atoms with E-state index in [0.29, 0.717) is 17.7 Å². The Balaban J connectivity index is 1.39. The van der Waals surface area contributed by atoms with Crippen LogP contribution in [0, 0.1) is 12.8 Å². The van der Waals surface area contributed by atoms with Crippen LogP contribution in [0.1, 0.15) is 54.7 Å². The quantitative estimate of drug-likeness (QED) is 0.760. The third-order valence-corrected chi connectivity index (χ3v) is 5.85. The molecule has 1 amide bonds. The van der Waals surface area contributed by atoms with Crippen molar-refractivity contribution in [2.24, 2.45) is 5.92 Å². The number of hydrogen-bond donors (Lipinski definition) is 0. The van der Waals surface area contributed by atoms with Crippen LogP contribution >= 0.6 is 0 Å². The molecule has 28 heavy (non-hydrogen) atoms. The number of likely N-dealkylation sites (tertiary alicyclic amines) is 1. The highest BCUT2D eigenvalue weighted by Gasteiger charge is 2.36. The summed E-state index contributed by atoms with van der Waals surface area (Å²) in [7, 11) is 0. The minimum Gasteiger partial charge on any atom is -0.451 e. The molecule has 1 saturated heterocycles. The lowest BCUT2D eigenvalue weighted by Crippen LogP contribution is -2.50. The Kier molecular flexibility index (Phi) is 5.41. The van der Waals surface area contributed by atoms with E-state index in [9.17, 15) is 9.59 Å². The van der Waals surface area contributed by atoms with Crippen molar-refractivity contribution >= 4 is 11.9 Å². The molecule has 1 aliphatic carbocycles. The van der Waals surface area contributed by atoms with Crippen molar-refractivity contribution in [2.45, 2.75) is 51.5 Å². The number of piperidine rings is 1. The van der Waals surface area contributed by atoms with Gasteiger partial charge in [-0.05, 0) is 50.7 Å². The number of ether oxygens (including phenoxy) is 1. The van der Waals surface area contributed by atoms with Crippen LogP contribution in [0.2, 0.25) is 0 Å². The van der Waals surface area contributed by atoms with E-state index < -0.39 is 5.97 Å². The first-order valence-electron chi connectivity index (χ1n) is 10.1. The Morgan fingerprint density at radius 1 is 1.07 bits per heavy atom. The lowest BCUT2D eigenvalue weighted by Gasteiger charge is -2.44. The standard InChI is InChI=1S/C21H26N4O3/c1-15-20(23-25(22-15)17-10-3-2-4-11-17)21(27)28-14-19(26)24-13-7-9-16-8-5-6-12-18(16)24/h2-4,10-11,16,18H,5-9,12-14H2,1H3/t16-,18+/m1/s1. The van der Waals surface area contributed by atoms with Gasteiger partial charge in [0.15, 0.2) is 12.3 Å². The summed E-state index contributed by atoms with van der Waals surface area (Å²) >= 11 is 0. The third kappa shape index (κ3) is 3.79. The van der Waals surface area contributed by atoms with Gasteiger partial charge in [0.2, 0.25) is 0 Å². The molecule has 0 spiro atoms. The molecule has 0 bridgehead atoms. The first-order valence-corrected chi connectivity index (χ1v) is 10.1. The molecule has 0 N–H and O–H groups in total. The second-order valence-electron chi connectivity index (χ2n) is 7.68. The van der Waals surface area contributed by atoms with Gasteiger partial charge in [0.05, 0.1) is 11.4 Å². The van der Waals surface area contributed by atoms with Crippen molar-refractivity contribution < 1.29 is 14.3 Å².